The standard InChI is InChI=1S/C14H25N2O.K/c1-2-3-4-13(17)16-11-7-14(8-12-16)5-9-15-10-6-14;/h2-12H2,1H3;/q-1;+1. The second kappa shape index (κ2) is 8.37. The fourth-order valence-electron chi connectivity index (χ4n) is 3.09. The number of hydrogen-bond acceptors (Lipinski definition) is 1. The van der Waals surface area contributed by atoms with E-state index in [2.05, 4.69) is 17.1 Å². The van der Waals surface area contributed by atoms with E-state index in [1.54, 1.807) is 0 Å². The second-order valence-electron chi connectivity index (χ2n) is 5.66. The number of unbranched alkanes of at least 4 members (excludes halogenated alkanes) is 1. The van der Waals surface area contributed by atoms with Gasteiger partial charge in [-0.25, -0.2) is 0 Å². The van der Waals surface area contributed by atoms with Crippen LogP contribution >= 0.6 is 0 Å². The average Bonchev–Trinajstić information content (AvgIpc) is 2.38. The Balaban J connectivity index is 0.00000162. The maximum Gasteiger partial charge on any atom is 1.00 e. The van der Waals surface area contributed by atoms with Gasteiger partial charge >= 0.3 is 51.4 Å². The molecule has 4 heteroatoms. The molecule has 3 nitrogen and oxygen atoms in total. The van der Waals surface area contributed by atoms with E-state index < -0.39 is 0 Å². The molecule has 1 amide bonds. The number of piperidine rings is 2. The van der Waals surface area contributed by atoms with Gasteiger partial charge in [0, 0.05) is 19.5 Å². The molecule has 0 atom stereocenters. The number of carbonyl (C=O) groups is 1. The fourth-order valence-corrected chi connectivity index (χ4v) is 3.09. The van der Waals surface area contributed by atoms with Crippen molar-refractivity contribution in [2.75, 3.05) is 26.2 Å². The van der Waals surface area contributed by atoms with E-state index in [1.807, 2.05) is 0 Å². The van der Waals surface area contributed by atoms with Crippen molar-refractivity contribution < 1.29 is 56.2 Å². The molecular formula is C14H25KN2O. The SMILES string of the molecule is CCCCC(=O)N1CCC2(CC[N-]CC2)CC1.[K+]. The van der Waals surface area contributed by atoms with Gasteiger partial charge in [-0.2, -0.15) is 0 Å². The van der Waals surface area contributed by atoms with Gasteiger partial charge in [0.15, 0.2) is 0 Å². The summed E-state index contributed by atoms with van der Waals surface area (Å²) in [6, 6.07) is 0. The van der Waals surface area contributed by atoms with Crippen LogP contribution in [0.2, 0.25) is 0 Å². The van der Waals surface area contributed by atoms with Gasteiger partial charge in [0.05, 0.1) is 0 Å². The normalized spacial score (nSPS) is 22.6. The molecular weight excluding hydrogens is 251 g/mol. The number of nitrogens with zero attached hydrogens (tertiary/aromatic N) is 2. The van der Waals surface area contributed by atoms with Crippen LogP contribution in [0.1, 0.15) is 51.9 Å². The molecule has 0 saturated carbocycles. The largest absolute Gasteiger partial charge is 1.00 e. The Morgan fingerprint density at radius 2 is 1.78 bits per heavy atom. The summed E-state index contributed by atoms with van der Waals surface area (Å²) in [5, 5.41) is 4.44. The van der Waals surface area contributed by atoms with E-state index in [-0.39, 0.29) is 51.4 Å². The van der Waals surface area contributed by atoms with E-state index >= 15 is 0 Å². The molecule has 0 bridgehead atoms. The van der Waals surface area contributed by atoms with E-state index in [0.29, 0.717) is 11.3 Å². The van der Waals surface area contributed by atoms with E-state index in [1.165, 1.54) is 25.7 Å². The Kier molecular flexibility index (Phi) is 7.96. The van der Waals surface area contributed by atoms with Crippen LogP contribution in [0.15, 0.2) is 0 Å². The fraction of sp³-hybridized carbons (Fsp3) is 0.929. The first-order valence-corrected chi connectivity index (χ1v) is 7.17. The van der Waals surface area contributed by atoms with Gasteiger partial charge in [0.1, 0.15) is 0 Å². The third-order valence-electron chi connectivity index (χ3n) is 4.52. The molecule has 0 unspecified atom stereocenters. The summed E-state index contributed by atoms with van der Waals surface area (Å²) in [5.74, 6) is 0.377. The van der Waals surface area contributed by atoms with E-state index in [0.717, 1.165) is 45.4 Å². The van der Waals surface area contributed by atoms with Crippen molar-refractivity contribution in [1.29, 1.82) is 0 Å². The molecule has 2 rings (SSSR count). The molecule has 0 radical (unpaired) electrons. The van der Waals surface area contributed by atoms with Gasteiger partial charge in [-0.1, -0.05) is 26.2 Å². The first kappa shape index (κ1) is 17.1. The first-order chi connectivity index (χ1) is 8.26. The van der Waals surface area contributed by atoms with Crippen LogP contribution in [-0.4, -0.2) is 37.0 Å². The molecule has 0 aromatic heterocycles. The molecule has 1 spiro atoms. The molecule has 2 heterocycles. The van der Waals surface area contributed by atoms with Crippen molar-refractivity contribution >= 4 is 5.91 Å². The summed E-state index contributed by atoms with van der Waals surface area (Å²) in [6.07, 6.45) is 7.83. The number of likely N-dealkylation sites (tertiary alicyclic amines) is 1. The van der Waals surface area contributed by atoms with Gasteiger partial charge in [0.2, 0.25) is 5.91 Å². The average molecular weight is 276 g/mol. The quantitative estimate of drug-likeness (QED) is 0.666. The Bertz CT molecular complexity index is 255. The number of hydrogen-bond donors (Lipinski definition) is 0. The summed E-state index contributed by atoms with van der Waals surface area (Å²) in [7, 11) is 0. The maximum atomic E-state index is 11.9. The zero-order valence-electron chi connectivity index (χ0n) is 12.1. The van der Waals surface area contributed by atoms with Crippen LogP contribution in [0.25, 0.3) is 5.32 Å². The van der Waals surface area contributed by atoms with Gasteiger partial charge in [-0.05, 0) is 24.7 Å². The third-order valence-corrected chi connectivity index (χ3v) is 4.52. The van der Waals surface area contributed by atoms with Crippen LogP contribution in [0.4, 0.5) is 0 Å². The molecule has 2 aliphatic rings. The summed E-state index contributed by atoms with van der Waals surface area (Å²) >= 11 is 0. The van der Waals surface area contributed by atoms with Crippen molar-refractivity contribution in [2.24, 2.45) is 5.41 Å². The summed E-state index contributed by atoms with van der Waals surface area (Å²) < 4.78 is 0. The Morgan fingerprint density at radius 1 is 1.17 bits per heavy atom. The third kappa shape index (κ3) is 4.56. The second-order valence-corrected chi connectivity index (χ2v) is 5.66. The predicted octanol–water partition coefficient (Wildman–Crippen LogP) is -0.0431. The summed E-state index contributed by atoms with van der Waals surface area (Å²) in [6.45, 7) is 6.21. The Hall–Kier alpha value is 1.07. The van der Waals surface area contributed by atoms with Gasteiger partial charge in [-0.15, -0.1) is 13.1 Å². The number of rotatable bonds is 3. The maximum absolute atomic E-state index is 11.9. The van der Waals surface area contributed by atoms with Gasteiger partial charge < -0.3 is 10.2 Å². The Morgan fingerprint density at radius 3 is 2.33 bits per heavy atom. The topological polar surface area (TPSA) is 34.4 Å². The number of amides is 1. The minimum atomic E-state index is 0. The van der Waals surface area contributed by atoms with Crippen molar-refractivity contribution in [1.82, 2.24) is 4.90 Å². The zero-order valence-corrected chi connectivity index (χ0v) is 15.2. The van der Waals surface area contributed by atoms with Crippen LogP contribution < -0.4 is 51.4 Å². The molecule has 2 saturated heterocycles. The first-order valence-electron chi connectivity index (χ1n) is 7.17. The van der Waals surface area contributed by atoms with Crippen molar-refractivity contribution in [2.45, 2.75) is 51.9 Å². The molecule has 0 aliphatic carbocycles. The molecule has 0 aromatic rings. The van der Waals surface area contributed by atoms with Crippen LogP contribution in [-0.2, 0) is 4.79 Å². The Labute approximate surface area is 154 Å². The summed E-state index contributed by atoms with van der Waals surface area (Å²) in [5.41, 5.74) is 0.531. The molecule has 2 fully saturated rings. The van der Waals surface area contributed by atoms with Crippen molar-refractivity contribution in [3.8, 4) is 0 Å². The van der Waals surface area contributed by atoms with Gasteiger partial charge in [0.25, 0.3) is 0 Å². The van der Waals surface area contributed by atoms with E-state index in [9.17, 15) is 4.79 Å². The smallest absolute Gasteiger partial charge is 0.662 e. The van der Waals surface area contributed by atoms with Gasteiger partial charge in [-0.3, -0.25) is 4.79 Å². The van der Waals surface area contributed by atoms with Crippen LogP contribution in [0.3, 0.4) is 0 Å². The van der Waals surface area contributed by atoms with Crippen LogP contribution in [0.5, 0.6) is 0 Å². The number of carbonyl (C=O) groups excluding carboxylic acids is 1. The molecule has 18 heavy (non-hydrogen) atoms. The zero-order chi connectivity index (χ0) is 12.1. The summed E-state index contributed by atoms with van der Waals surface area (Å²) in [4.78, 5) is 14.0. The molecule has 0 aromatic carbocycles. The monoisotopic (exact) mass is 276 g/mol. The molecule has 98 valence electrons. The predicted molar refractivity (Wildman–Crippen MR) is 70.1 cm³/mol. The molecule has 0 N–H and O–H groups in total. The van der Waals surface area contributed by atoms with Crippen LogP contribution in [0, 0.1) is 5.41 Å². The minimum Gasteiger partial charge on any atom is -0.662 e. The van der Waals surface area contributed by atoms with E-state index in [4.69, 9.17) is 0 Å². The molecule has 2 aliphatic heterocycles. The van der Waals surface area contributed by atoms with Crippen molar-refractivity contribution in [3.63, 3.8) is 0 Å². The van der Waals surface area contributed by atoms with Crippen molar-refractivity contribution in [3.05, 3.63) is 5.32 Å². The minimum absolute atomic E-state index is 0.